The fourth-order valence-electron chi connectivity index (χ4n) is 0.846. The van der Waals surface area contributed by atoms with Gasteiger partial charge in [0.1, 0.15) is 6.26 Å². The van der Waals surface area contributed by atoms with Gasteiger partial charge >= 0.3 is 5.97 Å². The molecule has 72 valence electrons. The van der Waals surface area contributed by atoms with Crippen LogP contribution in [-0.4, -0.2) is 21.3 Å². The zero-order chi connectivity index (χ0) is 9.84. The molecule has 1 atom stereocenters. The molecule has 4 nitrogen and oxygen atoms in total. The Morgan fingerprint density at radius 3 is 3.00 bits per heavy atom. The maximum atomic E-state index is 10.3. The number of aliphatic carboxylic acids is 1. The quantitative estimate of drug-likeness (QED) is 0.754. The maximum absolute atomic E-state index is 10.3. The highest BCUT2D eigenvalue weighted by Gasteiger charge is 2.12. The highest BCUT2D eigenvalue weighted by molar-refractivity contribution is 7.99. The lowest BCUT2D eigenvalue weighted by Crippen LogP contribution is -2.05. The topological polar surface area (TPSA) is 63.3 Å². The summed E-state index contributed by atoms with van der Waals surface area (Å²) in [6, 6.07) is 0. The second-order valence-electron chi connectivity index (χ2n) is 2.78. The Hall–Kier alpha value is -0.970. The summed E-state index contributed by atoms with van der Waals surface area (Å²) >= 11 is 1.33. The Bertz CT molecular complexity index is 297. The van der Waals surface area contributed by atoms with Crippen molar-refractivity contribution in [2.75, 3.05) is 0 Å². The average molecular weight is 201 g/mol. The zero-order valence-electron chi connectivity index (χ0n) is 7.48. The van der Waals surface area contributed by atoms with E-state index in [1.807, 2.05) is 13.8 Å². The molecular formula is C8H11NO3S. The van der Waals surface area contributed by atoms with E-state index in [-0.39, 0.29) is 11.7 Å². The second-order valence-corrected chi connectivity index (χ2v) is 4.17. The molecule has 13 heavy (non-hydrogen) atoms. The van der Waals surface area contributed by atoms with Crippen molar-refractivity contribution in [3.8, 4) is 0 Å². The van der Waals surface area contributed by atoms with Crippen LogP contribution in [0.2, 0.25) is 0 Å². The Balaban J connectivity index is 2.44. The minimum Gasteiger partial charge on any atom is -0.481 e. The Kier molecular flexibility index (Phi) is 3.36. The summed E-state index contributed by atoms with van der Waals surface area (Å²) in [5, 5.41) is 9.02. The minimum absolute atomic E-state index is 0.0180. The minimum atomic E-state index is -0.803. The molecule has 0 aromatic carbocycles. The summed E-state index contributed by atoms with van der Waals surface area (Å²) in [5.74, 6) is -0.803. The van der Waals surface area contributed by atoms with E-state index in [1.54, 1.807) is 6.26 Å². The maximum Gasteiger partial charge on any atom is 0.304 e. The van der Waals surface area contributed by atoms with Gasteiger partial charge in [0.15, 0.2) is 0 Å². The van der Waals surface area contributed by atoms with E-state index in [9.17, 15) is 4.79 Å². The number of hydrogen-bond acceptors (Lipinski definition) is 4. The van der Waals surface area contributed by atoms with Gasteiger partial charge in [-0.1, -0.05) is 18.7 Å². The summed E-state index contributed by atoms with van der Waals surface area (Å²) in [4.78, 5) is 14.4. The van der Waals surface area contributed by atoms with E-state index in [4.69, 9.17) is 9.52 Å². The van der Waals surface area contributed by atoms with Crippen LogP contribution in [0.3, 0.4) is 0 Å². The number of oxazole rings is 1. The molecule has 1 rings (SSSR count). The SMILES string of the molecule is Cc1coc(SC(C)CC(=O)O)n1. The Labute approximate surface area is 80.3 Å². The summed E-state index contributed by atoms with van der Waals surface area (Å²) in [5.41, 5.74) is 0.810. The molecule has 0 amide bonds. The normalized spacial score (nSPS) is 12.8. The van der Waals surface area contributed by atoms with Crippen LogP contribution in [0, 0.1) is 6.92 Å². The van der Waals surface area contributed by atoms with Crippen molar-refractivity contribution in [2.45, 2.75) is 30.7 Å². The van der Waals surface area contributed by atoms with Crippen molar-refractivity contribution in [1.29, 1.82) is 0 Å². The number of thioether (sulfide) groups is 1. The summed E-state index contributed by atoms with van der Waals surface area (Å²) < 4.78 is 5.08. The van der Waals surface area contributed by atoms with Gasteiger partial charge in [0.05, 0.1) is 12.1 Å². The number of rotatable bonds is 4. The van der Waals surface area contributed by atoms with Crippen molar-refractivity contribution in [3.63, 3.8) is 0 Å². The Morgan fingerprint density at radius 2 is 2.54 bits per heavy atom. The lowest BCUT2D eigenvalue weighted by atomic mass is 10.3. The molecule has 1 heterocycles. The predicted octanol–water partition coefficient (Wildman–Crippen LogP) is 1.94. The highest BCUT2D eigenvalue weighted by Crippen LogP contribution is 2.23. The molecule has 0 aliphatic carbocycles. The summed E-state index contributed by atoms with van der Waals surface area (Å²) in [6.07, 6.45) is 1.67. The van der Waals surface area contributed by atoms with Crippen LogP contribution in [0.25, 0.3) is 0 Å². The third-order valence-corrected chi connectivity index (χ3v) is 2.32. The third-order valence-electron chi connectivity index (χ3n) is 1.36. The van der Waals surface area contributed by atoms with Crippen molar-refractivity contribution >= 4 is 17.7 Å². The van der Waals surface area contributed by atoms with Crippen LogP contribution < -0.4 is 0 Å². The van der Waals surface area contributed by atoms with Crippen molar-refractivity contribution in [1.82, 2.24) is 4.98 Å². The van der Waals surface area contributed by atoms with Gasteiger partial charge in [-0.15, -0.1) is 0 Å². The van der Waals surface area contributed by atoms with Gasteiger partial charge in [-0.05, 0) is 6.92 Å². The monoisotopic (exact) mass is 201 g/mol. The van der Waals surface area contributed by atoms with E-state index in [1.165, 1.54) is 11.8 Å². The second kappa shape index (κ2) is 4.32. The van der Waals surface area contributed by atoms with Gasteiger partial charge in [0.25, 0.3) is 5.22 Å². The van der Waals surface area contributed by atoms with Crippen LogP contribution in [0.5, 0.6) is 0 Å². The molecule has 1 aromatic heterocycles. The third kappa shape index (κ3) is 3.50. The number of aryl methyl sites for hydroxylation is 1. The fourth-order valence-corrected chi connectivity index (χ4v) is 1.72. The smallest absolute Gasteiger partial charge is 0.304 e. The van der Waals surface area contributed by atoms with Gasteiger partial charge < -0.3 is 9.52 Å². The first kappa shape index (κ1) is 10.1. The van der Waals surface area contributed by atoms with E-state index < -0.39 is 5.97 Å². The van der Waals surface area contributed by atoms with Crippen LogP contribution in [-0.2, 0) is 4.79 Å². The fraction of sp³-hybridized carbons (Fsp3) is 0.500. The van der Waals surface area contributed by atoms with E-state index in [0.717, 1.165) is 5.69 Å². The van der Waals surface area contributed by atoms with Crippen molar-refractivity contribution in [3.05, 3.63) is 12.0 Å². The molecule has 0 saturated carbocycles. The predicted molar refractivity (Wildman–Crippen MR) is 48.8 cm³/mol. The number of carboxylic acid groups (broad SMARTS) is 1. The molecule has 0 spiro atoms. The van der Waals surface area contributed by atoms with Gasteiger partial charge in [0.2, 0.25) is 0 Å². The van der Waals surface area contributed by atoms with Gasteiger partial charge in [-0.2, -0.15) is 0 Å². The average Bonchev–Trinajstić information content (AvgIpc) is 2.33. The lowest BCUT2D eigenvalue weighted by Gasteiger charge is -2.03. The summed E-state index contributed by atoms with van der Waals surface area (Å²) in [7, 11) is 0. The molecule has 1 aromatic rings. The lowest BCUT2D eigenvalue weighted by molar-refractivity contribution is -0.136. The first-order chi connectivity index (χ1) is 6.08. The van der Waals surface area contributed by atoms with Crippen LogP contribution in [0.4, 0.5) is 0 Å². The summed E-state index contributed by atoms with van der Waals surface area (Å²) in [6.45, 7) is 3.66. The molecule has 0 fully saturated rings. The number of carbonyl (C=O) groups is 1. The van der Waals surface area contributed by atoms with Crippen molar-refractivity contribution < 1.29 is 14.3 Å². The molecule has 0 bridgehead atoms. The van der Waals surface area contributed by atoms with Gasteiger partial charge in [0, 0.05) is 5.25 Å². The zero-order valence-corrected chi connectivity index (χ0v) is 8.30. The molecule has 1 unspecified atom stereocenters. The Morgan fingerprint density at radius 1 is 1.85 bits per heavy atom. The van der Waals surface area contributed by atoms with Gasteiger partial charge in [-0.25, -0.2) is 4.98 Å². The first-order valence-electron chi connectivity index (χ1n) is 3.88. The van der Waals surface area contributed by atoms with Crippen LogP contribution >= 0.6 is 11.8 Å². The highest BCUT2D eigenvalue weighted by atomic mass is 32.2. The standard InChI is InChI=1S/C8H11NO3S/c1-5-4-12-8(9-5)13-6(2)3-7(10)11/h4,6H,3H2,1-2H3,(H,10,11). The molecule has 0 aliphatic rings. The van der Waals surface area contributed by atoms with E-state index in [2.05, 4.69) is 4.98 Å². The molecular weight excluding hydrogens is 190 g/mol. The van der Waals surface area contributed by atoms with Crippen LogP contribution in [0.1, 0.15) is 19.0 Å². The molecule has 5 heteroatoms. The van der Waals surface area contributed by atoms with E-state index in [0.29, 0.717) is 5.22 Å². The molecule has 0 aliphatic heterocycles. The van der Waals surface area contributed by atoms with Crippen molar-refractivity contribution in [2.24, 2.45) is 0 Å². The molecule has 0 radical (unpaired) electrons. The van der Waals surface area contributed by atoms with Gasteiger partial charge in [-0.3, -0.25) is 4.79 Å². The first-order valence-corrected chi connectivity index (χ1v) is 4.76. The molecule has 0 saturated heterocycles. The van der Waals surface area contributed by atoms with E-state index >= 15 is 0 Å². The number of aromatic nitrogens is 1. The largest absolute Gasteiger partial charge is 0.481 e. The number of nitrogens with zero attached hydrogens (tertiary/aromatic N) is 1. The molecule has 1 N–H and O–H groups in total. The number of carboxylic acids is 1. The van der Waals surface area contributed by atoms with Crippen LogP contribution in [0.15, 0.2) is 15.9 Å². The number of hydrogen-bond donors (Lipinski definition) is 1.